The third-order valence-electron chi connectivity index (χ3n) is 2.70. The summed E-state index contributed by atoms with van der Waals surface area (Å²) in [4.78, 5) is 24.1. The minimum Gasteiger partial charge on any atom is -0.481 e. The van der Waals surface area contributed by atoms with Gasteiger partial charge in [0.2, 0.25) is 5.91 Å². The standard InChI is InChI=1S/C10H18N2O4/c1-7(16-2)6-12-4-3-11-10(15)8(12)5-9(13)14/h7-8H,3-6H2,1-2H3,(H,11,15)(H,13,14). The molecule has 2 unspecified atom stereocenters. The first-order chi connectivity index (χ1) is 7.54. The van der Waals surface area contributed by atoms with E-state index >= 15 is 0 Å². The Bertz CT molecular complexity index is 270. The minimum absolute atomic E-state index is 0.0119. The summed E-state index contributed by atoms with van der Waals surface area (Å²) < 4.78 is 5.12. The molecular formula is C10H18N2O4. The Labute approximate surface area is 94.6 Å². The number of rotatable bonds is 5. The maximum Gasteiger partial charge on any atom is 0.305 e. The summed E-state index contributed by atoms with van der Waals surface area (Å²) in [5, 5.41) is 11.4. The number of carboxylic acid groups (broad SMARTS) is 1. The molecule has 92 valence electrons. The number of ether oxygens (including phenoxy) is 1. The van der Waals surface area contributed by atoms with Crippen molar-refractivity contribution in [1.29, 1.82) is 0 Å². The smallest absolute Gasteiger partial charge is 0.305 e. The fourth-order valence-corrected chi connectivity index (χ4v) is 1.77. The molecule has 0 aromatic rings. The summed E-state index contributed by atoms with van der Waals surface area (Å²) >= 11 is 0. The number of aliphatic carboxylic acids is 1. The zero-order valence-corrected chi connectivity index (χ0v) is 9.60. The van der Waals surface area contributed by atoms with Crippen molar-refractivity contribution >= 4 is 11.9 Å². The highest BCUT2D eigenvalue weighted by Gasteiger charge is 2.32. The van der Waals surface area contributed by atoms with E-state index in [4.69, 9.17) is 9.84 Å². The lowest BCUT2D eigenvalue weighted by molar-refractivity contribution is -0.143. The van der Waals surface area contributed by atoms with Gasteiger partial charge in [-0.05, 0) is 6.92 Å². The van der Waals surface area contributed by atoms with Crippen molar-refractivity contribution in [3.63, 3.8) is 0 Å². The van der Waals surface area contributed by atoms with E-state index in [0.29, 0.717) is 19.6 Å². The molecule has 16 heavy (non-hydrogen) atoms. The van der Waals surface area contributed by atoms with E-state index in [0.717, 1.165) is 0 Å². The van der Waals surface area contributed by atoms with E-state index in [1.54, 1.807) is 7.11 Å². The van der Waals surface area contributed by atoms with Crippen LogP contribution in [0.3, 0.4) is 0 Å². The maximum atomic E-state index is 11.6. The van der Waals surface area contributed by atoms with Crippen LogP contribution in [0.1, 0.15) is 13.3 Å². The predicted molar refractivity (Wildman–Crippen MR) is 57.1 cm³/mol. The van der Waals surface area contributed by atoms with Crippen molar-refractivity contribution in [2.75, 3.05) is 26.7 Å². The first-order valence-electron chi connectivity index (χ1n) is 5.31. The monoisotopic (exact) mass is 230 g/mol. The van der Waals surface area contributed by atoms with Gasteiger partial charge in [0.1, 0.15) is 0 Å². The second kappa shape index (κ2) is 5.81. The van der Waals surface area contributed by atoms with Crippen molar-refractivity contribution in [3.05, 3.63) is 0 Å². The summed E-state index contributed by atoms with van der Waals surface area (Å²) in [5.41, 5.74) is 0. The highest BCUT2D eigenvalue weighted by molar-refractivity contribution is 5.86. The molecule has 1 rings (SSSR count). The average Bonchev–Trinajstić information content (AvgIpc) is 2.22. The molecule has 0 bridgehead atoms. The highest BCUT2D eigenvalue weighted by atomic mass is 16.5. The molecule has 1 aliphatic rings. The van der Waals surface area contributed by atoms with Crippen molar-refractivity contribution in [1.82, 2.24) is 10.2 Å². The van der Waals surface area contributed by atoms with Crippen LogP contribution < -0.4 is 5.32 Å². The summed E-state index contributed by atoms with van der Waals surface area (Å²) in [5.74, 6) is -1.17. The van der Waals surface area contributed by atoms with Crippen molar-refractivity contribution in [3.8, 4) is 0 Å². The zero-order valence-electron chi connectivity index (χ0n) is 9.60. The number of carbonyl (C=O) groups is 2. The molecule has 1 fully saturated rings. The van der Waals surface area contributed by atoms with Gasteiger partial charge in [0.15, 0.2) is 0 Å². The van der Waals surface area contributed by atoms with Gasteiger partial charge >= 0.3 is 5.97 Å². The summed E-state index contributed by atoms with van der Waals surface area (Å²) in [6.07, 6.45) is -0.176. The third-order valence-corrected chi connectivity index (χ3v) is 2.70. The number of carboxylic acids is 1. The number of hydrogen-bond acceptors (Lipinski definition) is 4. The largest absolute Gasteiger partial charge is 0.481 e. The fourth-order valence-electron chi connectivity index (χ4n) is 1.77. The van der Waals surface area contributed by atoms with E-state index in [-0.39, 0.29) is 18.4 Å². The van der Waals surface area contributed by atoms with Crippen LogP contribution in [0.4, 0.5) is 0 Å². The maximum absolute atomic E-state index is 11.6. The van der Waals surface area contributed by atoms with Crippen LogP contribution in [0.25, 0.3) is 0 Å². The molecule has 1 saturated heterocycles. The molecule has 1 aliphatic heterocycles. The van der Waals surface area contributed by atoms with Crippen LogP contribution in [0.5, 0.6) is 0 Å². The summed E-state index contributed by atoms with van der Waals surface area (Å²) in [7, 11) is 1.60. The van der Waals surface area contributed by atoms with Gasteiger partial charge in [-0.1, -0.05) is 0 Å². The number of nitrogens with one attached hydrogen (secondary N) is 1. The summed E-state index contributed by atoms with van der Waals surface area (Å²) in [6.45, 7) is 3.69. The van der Waals surface area contributed by atoms with Crippen LogP contribution >= 0.6 is 0 Å². The Morgan fingerprint density at radius 1 is 1.75 bits per heavy atom. The predicted octanol–water partition coefficient (Wildman–Crippen LogP) is -0.704. The summed E-state index contributed by atoms with van der Waals surface area (Å²) in [6, 6.07) is -0.580. The number of nitrogens with zero attached hydrogens (tertiary/aromatic N) is 1. The van der Waals surface area contributed by atoms with E-state index < -0.39 is 12.0 Å². The Kier molecular flexibility index (Phi) is 4.70. The van der Waals surface area contributed by atoms with Crippen LogP contribution in [0.2, 0.25) is 0 Å². The minimum atomic E-state index is -0.961. The van der Waals surface area contributed by atoms with Gasteiger partial charge in [0.05, 0.1) is 18.6 Å². The molecule has 2 atom stereocenters. The van der Waals surface area contributed by atoms with Crippen LogP contribution in [-0.2, 0) is 14.3 Å². The molecule has 6 heteroatoms. The van der Waals surface area contributed by atoms with Gasteiger partial charge < -0.3 is 15.2 Å². The molecule has 2 N–H and O–H groups in total. The van der Waals surface area contributed by atoms with Gasteiger partial charge in [-0.2, -0.15) is 0 Å². The van der Waals surface area contributed by atoms with E-state index in [9.17, 15) is 9.59 Å². The van der Waals surface area contributed by atoms with E-state index in [1.807, 2.05) is 11.8 Å². The second-order valence-electron chi connectivity index (χ2n) is 3.95. The fraction of sp³-hybridized carbons (Fsp3) is 0.800. The van der Waals surface area contributed by atoms with Crippen LogP contribution in [0.15, 0.2) is 0 Å². The number of amides is 1. The first kappa shape index (κ1) is 12.9. The first-order valence-corrected chi connectivity index (χ1v) is 5.31. The lowest BCUT2D eigenvalue weighted by Gasteiger charge is -2.35. The molecule has 0 aliphatic carbocycles. The second-order valence-corrected chi connectivity index (χ2v) is 3.95. The van der Waals surface area contributed by atoms with Crippen LogP contribution in [-0.4, -0.2) is 60.8 Å². The Morgan fingerprint density at radius 2 is 2.44 bits per heavy atom. The van der Waals surface area contributed by atoms with Gasteiger partial charge in [0.25, 0.3) is 0 Å². The van der Waals surface area contributed by atoms with Crippen molar-refractivity contribution in [2.45, 2.75) is 25.5 Å². The quantitative estimate of drug-likeness (QED) is 0.652. The normalized spacial score (nSPS) is 23.9. The molecule has 0 aromatic carbocycles. The Balaban J connectivity index is 2.62. The third kappa shape index (κ3) is 3.46. The van der Waals surface area contributed by atoms with Gasteiger partial charge in [-0.15, -0.1) is 0 Å². The molecule has 0 spiro atoms. The average molecular weight is 230 g/mol. The van der Waals surface area contributed by atoms with Crippen molar-refractivity contribution < 1.29 is 19.4 Å². The molecule has 1 amide bonds. The Morgan fingerprint density at radius 3 is 3.00 bits per heavy atom. The van der Waals surface area contributed by atoms with Gasteiger partial charge in [-0.25, -0.2) is 0 Å². The van der Waals surface area contributed by atoms with Gasteiger partial charge in [0, 0.05) is 26.7 Å². The topological polar surface area (TPSA) is 78.9 Å². The SMILES string of the molecule is COC(C)CN1CCNC(=O)C1CC(=O)O. The lowest BCUT2D eigenvalue weighted by atomic mass is 10.1. The molecule has 1 heterocycles. The zero-order chi connectivity index (χ0) is 12.1. The number of hydrogen-bond donors (Lipinski definition) is 2. The number of carbonyl (C=O) groups excluding carboxylic acids is 1. The molecule has 0 aromatic heterocycles. The van der Waals surface area contributed by atoms with Gasteiger partial charge in [-0.3, -0.25) is 14.5 Å². The van der Waals surface area contributed by atoms with Crippen molar-refractivity contribution in [2.24, 2.45) is 0 Å². The van der Waals surface area contributed by atoms with Crippen LogP contribution in [0, 0.1) is 0 Å². The molecular weight excluding hydrogens is 212 g/mol. The lowest BCUT2D eigenvalue weighted by Crippen LogP contribution is -2.57. The highest BCUT2D eigenvalue weighted by Crippen LogP contribution is 2.10. The van der Waals surface area contributed by atoms with E-state index in [1.165, 1.54) is 0 Å². The van der Waals surface area contributed by atoms with E-state index in [2.05, 4.69) is 5.32 Å². The number of methoxy groups -OCH3 is 1. The Hall–Kier alpha value is -1.14. The number of piperazine rings is 1. The molecule has 0 saturated carbocycles. The molecule has 6 nitrogen and oxygen atoms in total. The molecule has 0 radical (unpaired) electrons.